The number of non-ortho nitro benzene ring substituents is 1. The third-order valence-electron chi connectivity index (χ3n) is 2.64. The van der Waals surface area contributed by atoms with E-state index < -0.39 is 16.5 Å². The Hall–Kier alpha value is -1.23. The lowest BCUT2D eigenvalue weighted by Gasteiger charge is -2.19. The number of hydrogen-bond donors (Lipinski definition) is 0. The molecule has 0 aliphatic carbocycles. The Balaban J connectivity index is 2.51. The molecule has 2 aromatic rings. The van der Waals surface area contributed by atoms with Crippen molar-refractivity contribution in [2.75, 3.05) is 0 Å². The number of esters is 1. The highest BCUT2D eigenvalue weighted by atomic mass is 127. The Morgan fingerprint density at radius 3 is 2.68 bits per heavy atom. The predicted octanol–water partition coefficient (Wildman–Crippen LogP) is 3.65. The summed E-state index contributed by atoms with van der Waals surface area (Å²) in [4.78, 5) is 22.7. The Bertz CT molecular complexity index is 767. The number of hydrogen-bond acceptors (Lipinski definition) is 5. The molecular formula is C13H13BrIN3O4. The maximum absolute atomic E-state index is 12.0. The van der Waals surface area contributed by atoms with E-state index in [2.05, 4.69) is 21.0 Å². The fourth-order valence-electron chi connectivity index (χ4n) is 1.97. The molecule has 22 heavy (non-hydrogen) atoms. The van der Waals surface area contributed by atoms with E-state index in [1.54, 1.807) is 26.8 Å². The fourth-order valence-corrected chi connectivity index (χ4v) is 3.09. The second-order valence-corrected chi connectivity index (χ2v) is 7.55. The molecule has 0 spiro atoms. The Morgan fingerprint density at radius 2 is 2.14 bits per heavy atom. The summed E-state index contributed by atoms with van der Waals surface area (Å²) in [5.41, 5.74) is -0.422. The van der Waals surface area contributed by atoms with E-state index in [4.69, 9.17) is 4.74 Å². The maximum atomic E-state index is 12.0. The third-order valence-corrected chi connectivity index (χ3v) is 3.89. The van der Waals surface area contributed by atoms with Crippen LogP contribution in [0.15, 0.2) is 16.6 Å². The molecule has 0 amide bonds. The second kappa shape index (κ2) is 6.11. The van der Waals surface area contributed by atoms with Crippen molar-refractivity contribution in [2.24, 2.45) is 0 Å². The molecule has 0 unspecified atom stereocenters. The molecule has 0 radical (unpaired) electrons. The number of nitrogens with zero attached hydrogens (tertiary/aromatic N) is 3. The van der Waals surface area contributed by atoms with Gasteiger partial charge in [0.2, 0.25) is 0 Å². The molecule has 2 rings (SSSR count). The average Bonchev–Trinajstić information content (AvgIpc) is 2.62. The van der Waals surface area contributed by atoms with Crippen LogP contribution in [-0.4, -0.2) is 26.3 Å². The average molecular weight is 482 g/mol. The standard InChI is InChI=1S/C13H13BrIN3O4/c1-13(2,3)22-10(19)6-17-11-8(12(15)16-17)4-7(14)5-9(11)18(20)21/h4-5H,6H2,1-3H3. The number of carbonyl (C=O) groups is 1. The van der Waals surface area contributed by atoms with Gasteiger partial charge in [-0.15, -0.1) is 0 Å². The first-order chi connectivity index (χ1) is 10.1. The van der Waals surface area contributed by atoms with Crippen LogP contribution in [0.1, 0.15) is 20.8 Å². The lowest BCUT2D eigenvalue weighted by Crippen LogP contribution is -2.26. The zero-order chi connectivity index (χ0) is 16.7. The van der Waals surface area contributed by atoms with Crippen molar-refractivity contribution in [2.45, 2.75) is 32.9 Å². The number of fused-ring (bicyclic) bond motifs is 1. The summed E-state index contributed by atoms with van der Waals surface area (Å²) in [6, 6.07) is 3.13. The van der Waals surface area contributed by atoms with Gasteiger partial charge in [0.05, 0.1) is 4.92 Å². The molecule has 1 aromatic heterocycles. The summed E-state index contributed by atoms with van der Waals surface area (Å²) in [6.07, 6.45) is 0. The van der Waals surface area contributed by atoms with Crippen LogP contribution < -0.4 is 0 Å². The van der Waals surface area contributed by atoms with Gasteiger partial charge >= 0.3 is 5.97 Å². The molecule has 1 heterocycles. The Labute approximate surface area is 148 Å². The molecular weight excluding hydrogens is 469 g/mol. The Kier molecular flexibility index (Phi) is 4.76. The molecule has 0 atom stereocenters. The van der Waals surface area contributed by atoms with Crippen LogP contribution in [0.5, 0.6) is 0 Å². The van der Waals surface area contributed by atoms with Crippen molar-refractivity contribution in [1.29, 1.82) is 0 Å². The first-order valence-electron chi connectivity index (χ1n) is 6.30. The zero-order valence-electron chi connectivity index (χ0n) is 12.1. The van der Waals surface area contributed by atoms with E-state index in [1.165, 1.54) is 10.7 Å². The molecule has 9 heteroatoms. The van der Waals surface area contributed by atoms with E-state index >= 15 is 0 Å². The lowest BCUT2D eigenvalue weighted by atomic mass is 10.2. The van der Waals surface area contributed by atoms with Crippen molar-refractivity contribution >= 4 is 61.1 Å². The van der Waals surface area contributed by atoms with E-state index in [0.29, 0.717) is 19.1 Å². The van der Waals surface area contributed by atoms with Crippen LogP contribution in [0.2, 0.25) is 0 Å². The zero-order valence-corrected chi connectivity index (χ0v) is 15.8. The summed E-state index contributed by atoms with van der Waals surface area (Å²) < 4.78 is 7.73. The van der Waals surface area contributed by atoms with Gasteiger partial charge in [0.15, 0.2) is 0 Å². The van der Waals surface area contributed by atoms with Gasteiger partial charge in [-0.3, -0.25) is 14.9 Å². The van der Waals surface area contributed by atoms with Gasteiger partial charge in [-0.05, 0) is 49.4 Å². The topological polar surface area (TPSA) is 87.3 Å². The van der Waals surface area contributed by atoms with Crippen LogP contribution >= 0.6 is 38.5 Å². The number of carbonyl (C=O) groups excluding carboxylic acids is 1. The van der Waals surface area contributed by atoms with Crippen molar-refractivity contribution in [1.82, 2.24) is 9.78 Å². The first kappa shape index (κ1) is 17.1. The SMILES string of the molecule is CC(C)(C)OC(=O)Cn1nc(I)c2cc(Br)cc([N+](=O)[O-])c21. The number of nitro groups is 1. The molecule has 0 bridgehead atoms. The van der Waals surface area contributed by atoms with Gasteiger partial charge in [0.25, 0.3) is 5.69 Å². The molecule has 0 saturated heterocycles. The normalized spacial score (nSPS) is 11.7. The van der Waals surface area contributed by atoms with Crippen LogP contribution in [0.4, 0.5) is 5.69 Å². The van der Waals surface area contributed by atoms with E-state index in [-0.39, 0.29) is 12.2 Å². The maximum Gasteiger partial charge on any atom is 0.328 e. The summed E-state index contributed by atoms with van der Waals surface area (Å²) in [5.74, 6) is -0.495. The summed E-state index contributed by atoms with van der Waals surface area (Å²) in [7, 11) is 0. The monoisotopic (exact) mass is 481 g/mol. The van der Waals surface area contributed by atoms with Crippen molar-refractivity contribution in [3.05, 3.63) is 30.4 Å². The van der Waals surface area contributed by atoms with Crippen molar-refractivity contribution < 1.29 is 14.5 Å². The van der Waals surface area contributed by atoms with Gasteiger partial charge in [-0.2, -0.15) is 5.10 Å². The van der Waals surface area contributed by atoms with Gasteiger partial charge in [-0.25, -0.2) is 4.68 Å². The van der Waals surface area contributed by atoms with Crippen LogP contribution in [-0.2, 0) is 16.1 Å². The molecule has 0 saturated carbocycles. The van der Waals surface area contributed by atoms with Crippen LogP contribution in [0.25, 0.3) is 10.9 Å². The van der Waals surface area contributed by atoms with Crippen LogP contribution in [0, 0.1) is 13.8 Å². The fraction of sp³-hybridized carbons (Fsp3) is 0.385. The number of benzene rings is 1. The highest BCUT2D eigenvalue weighted by Gasteiger charge is 2.24. The van der Waals surface area contributed by atoms with Gasteiger partial charge in [0.1, 0.15) is 21.4 Å². The molecule has 0 N–H and O–H groups in total. The lowest BCUT2D eigenvalue weighted by molar-refractivity contribution is -0.383. The van der Waals surface area contributed by atoms with Gasteiger partial charge in [0, 0.05) is 15.9 Å². The minimum Gasteiger partial charge on any atom is -0.459 e. The van der Waals surface area contributed by atoms with Crippen molar-refractivity contribution in [3.63, 3.8) is 0 Å². The number of halogens is 2. The highest BCUT2D eigenvalue weighted by Crippen LogP contribution is 2.32. The second-order valence-electron chi connectivity index (χ2n) is 5.61. The van der Waals surface area contributed by atoms with Gasteiger partial charge in [-0.1, -0.05) is 15.9 Å². The van der Waals surface area contributed by atoms with Crippen molar-refractivity contribution in [3.8, 4) is 0 Å². The molecule has 118 valence electrons. The summed E-state index contributed by atoms with van der Waals surface area (Å²) in [6.45, 7) is 5.10. The third kappa shape index (κ3) is 3.75. The largest absolute Gasteiger partial charge is 0.459 e. The molecule has 0 aliphatic rings. The summed E-state index contributed by atoms with van der Waals surface area (Å²) >= 11 is 5.23. The summed E-state index contributed by atoms with van der Waals surface area (Å²) in [5, 5.41) is 16.1. The quantitative estimate of drug-likeness (QED) is 0.289. The molecule has 7 nitrogen and oxygen atoms in total. The van der Waals surface area contributed by atoms with Gasteiger partial charge < -0.3 is 4.74 Å². The predicted molar refractivity (Wildman–Crippen MR) is 92.6 cm³/mol. The first-order valence-corrected chi connectivity index (χ1v) is 8.17. The van der Waals surface area contributed by atoms with E-state index in [9.17, 15) is 14.9 Å². The smallest absolute Gasteiger partial charge is 0.328 e. The van der Waals surface area contributed by atoms with Crippen LogP contribution in [0.3, 0.4) is 0 Å². The number of ether oxygens (including phenoxy) is 1. The molecule has 0 fully saturated rings. The highest BCUT2D eigenvalue weighted by molar-refractivity contribution is 14.1. The van der Waals surface area contributed by atoms with E-state index in [1.807, 2.05) is 22.6 Å². The van der Waals surface area contributed by atoms with E-state index in [0.717, 1.165) is 0 Å². The molecule has 0 aliphatic heterocycles. The molecule has 1 aromatic carbocycles. The minimum absolute atomic E-state index is 0.108. The number of rotatable bonds is 3. The number of nitro benzene ring substituents is 1. The number of aromatic nitrogens is 2. The minimum atomic E-state index is -0.623. The Morgan fingerprint density at radius 1 is 1.50 bits per heavy atom.